The van der Waals surface area contributed by atoms with Gasteiger partial charge in [0.2, 0.25) is 0 Å². The lowest BCUT2D eigenvalue weighted by molar-refractivity contribution is -0.274. The number of methoxy groups -OCH3 is 1. The summed E-state index contributed by atoms with van der Waals surface area (Å²) in [5, 5.41) is 9.92. The molecule has 0 aliphatic rings. The zero-order chi connectivity index (χ0) is 16.3. The fraction of sp³-hybridized carbons (Fsp3) is 0.133. The average molecular weight is 312 g/mol. The molecule has 0 amide bonds. The van der Waals surface area contributed by atoms with Crippen LogP contribution in [0.25, 0.3) is 11.1 Å². The first-order valence-electron chi connectivity index (χ1n) is 6.08. The molecule has 0 spiro atoms. The van der Waals surface area contributed by atoms with E-state index in [2.05, 4.69) is 9.47 Å². The van der Waals surface area contributed by atoms with Gasteiger partial charge in [0.1, 0.15) is 11.5 Å². The average Bonchev–Trinajstić information content (AvgIpc) is 2.45. The van der Waals surface area contributed by atoms with Crippen LogP contribution < -0.4 is 4.74 Å². The summed E-state index contributed by atoms with van der Waals surface area (Å²) in [6.45, 7) is 0. The van der Waals surface area contributed by atoms with Crippen LogP contribution in [0.2, 0.25) is 0 Å². The zero-order valence-corrected chi connectivity index (χ0v) is 11.3. The van der Waals surface area contributed by atoms with Gasteiger partial charge in [-0.1, -0.05) is 18.2 Å². The Balaban J connectivity index is 2.45. The minimum atomic E-state index is -4.85. The summed E-state index contributed by atoms with van der Waals surface area (Å²) in [4.78, 5) is 11.7. The molecule has 7 heteroatoms. The van der Waals surface area contributed by atoms with Crippen LogP contribution in [-0.2, 0) is 4.74 Å². The normalized spacial score (nSPS) is 11.1. The van der Waals surface area contributed by atoms with Gasteiger partial charge in [-0.2, -0.15) is 0 Å². The first-order chi connectivity index (χ1) is 10.3. The summed E-state index contributed by atoms with van der Waals surface area (Å²) < 4.78 is 44.8. The molecule has 0 aliphatic heterocycles. The SMILES string of the molecule is COC(=O)c1ccccc1-c1ccc(OC(F)(F)F)cc1O. The molecule has 0 aliphatic carbocycles. The molecule has 0 saturated heterocycles. The van der Waals surface area contributed by atoms with Crippen LogP contribution in [0.3, 0.4) is 0 Å². The molecule has 116 valence electrons. The van der Waals surface area contributed by atoms with Crippen molar-refractivity contribution in [2.45, 2.75) is 6.36 Å². The lowest BCUT2D eigenvalue weighted by atomic mass is 9.99. The van der Waals surface area contributed by atoms with Crippen LogP contribution in [0.1, 0.15) is 10.4 Å². The van der Waals surface area contributed by atoms with Crippen molar-refractivity contribution in [3.05, 3.63) is 48.0 Å². The van der Waals surface area contributed by atoms with Crippen molar-refractivity contribution in [2.24, 2.45) is 0 Å². The maximum atomic E-state index is 12.1. The van der Waals surface area contributed by atoms with E-state index >= 15 is 0 Å². The number of rotatable bonds is 3. The summed E-state index contributed by atoms with van der Waals surface area (Å²) in [5.41, 5.74) is 0.714. The van der Waals surface area contributed by atoms with Crippen LogP contribution >= 0.6 is 0 Å². The molecule has 2 aromatic rings. The van der Waals surface area contributed by atoms with Gasteiger partial charge in [-0.25, -0.2) is 4.79 Å². The highest BCUT2D eigenvalue weighted by atomic mass is 19.4. The van der Waals surface area contributed by atoms with Gasteiger partial charge in [-0.05, 0) is 23.8 Å². The highest BCUT2D eigenvalue weighted by Gasteiger charge is 2.31. The van der Waals surface area contributed by atoms with E-state index in [0.717, 1.165) is 12.1 Å². The van der Waals surface area contributed by atoms with Gasteiger partial charge in [0.25, 0.3) is 0 Å². The smallest absolute Gasteiger partial charge is 0.507 e. The molecular formula is C15H11F3O4. The minimum Gasteiger partial charge on any atom is -0.507 e. The third-order valence-corrected chi connectivity index (χ3v) is 2.83. The standard InChI is InChI=1S/C15H11F3O4/c1-21-14(20)12-5-3-2-4-10(12)11-7-6-9(8-13(11)19)22-15(16,17)18/h2-8,19H,1H3. The highest BCUT2D eigenvalue weighted by molar-refractivity contribution is 5.98. The molecule has 0 bridgehead atoms. The number of benzene rings is 2. The summed E-state index contributed by atoms with van der Waals surface area (Å²) in [6, 6.07) is 9.38. The second-order valence-electron chi connectivity index (χ2n) is 4.26. The molecule has 0 fully saturated rings. The molecule has 0 unspecified atom stereocenters. The van der Waals surface area contributed by atoms with Gasteiger partial charge in [0.15, 0.2) is 0 Å². The number of esters is 1. The van der Waals surface area contributed by atoms with Crippen LogP contribution in [0.15, 0.2) is 42.5 Å². The van der Waals surface area contributed by atoms with Crippen LogP contribution in [0, 0.1) is 0 Å². The van der Waals surface area contributed by atoms with Gasteiger partial charge < -0.3 is 14.6 Å². The largest absolute Gasteiger partial charge is 0.573 e. The highest BCUT2D eigenvalue weighted by Crippen LogP contribution is 2.36. The lowest BCUT2D eigenvalue weighted by Gasteiger charge is -2.12. The third kappa shape index (κ3) is 3.49. The third-order valence-electron chi connectivity index (χ3n) is 2.83. The predicted molar refractivity (Wildman–Crippen MR) is 71.6 cm³/mol. The number of phenolic OH excluding ortho intramolecular Hbond substituents is 1. The molecular weight excluding hydrogens is 301 g/mol. The fourth-order valence-electron chi connectivity index (χ4n) is 1.94. The predicted octanol–water partition coefficient (Wildman–Crippen LogP) is 3.74. The number of ether oxygens (including phenoxy) is 2. The monoisotopic (exact) mass is 312 g/mol. The summed E-state index contributed by atoms with van der Waals surface area (Å²) >= 11 is 0. The second-order valence-corrected chi connectivity index (χ2v) is 4.26. The Kier molecular flexibility index (Phi) is 4.25. The van der Waals surface area contributed by atoms with Crippen molar-refractivity contribution in [1.29, 1.82) is 0 Å². The molecule has 2 rings (SSSR count). The summed E-state index contributed by atoms with van der Waals surface area (Å²) in [5.74, 6) is -1.62. The van der Waals surface area contributed by atoms with Gasteiger partial charge in [0, 0.05) is 11.6 Å². The molecule has 0 heterocycles. The number of phenols is 1. The number of alkyl halides is 3. The van der Waals surface area contributed by atoms with Gasteiger partial charge in [-0.15, -0.1) is 13.2 Å². The van der Waals surface area contributed by atoms with Crippen molar-refractivity contribution >= 4 is 5.97 Å². The number of hydrogen-bond donors (Lipinski definition) is 1. The zero-order valence-electron chi connectivity index (χ0n) is 11.3. The number of halogens is 3. The summed E-state index contributed by atoms with van der Waals surface area (Å²) in [6.07, 6.45) is -4.85. The van der Waals surface area contributed by atoms with Crippen molar-refractivity contribution in [1.82, 2.24) is 0 Å². The Morgan fingerprint density at radius 1 is 1.09 bits per heavy atom. The van der Waals surface area contributed by atoms with E-state index in [9.17, 15) is 23.1 Å². The first kappa shape index (κ1) is 15.7. The van der Waals surface area contributed by atoms with E-state index < -0.39 is 23.8 Å². The molecule has 0 saturated carbocycles. The van der Waals surface area contributed by atoms with Crippen LogP contribution in [0.4, 0.5) is 13.2 Å². The maximum absolute atomic E-state index is 12.1. The molecule has 1 N–H and O–H groups in total. The molecule has 0 aromatic heterocycles. The first-order valence-corrected chi connectivity index (χ1v) is 6.08. The Morgan fingerprint density at radius 3 is 2.36 bits per heavy atom. The molecule has 22 heavy (non-hydrogen) atoms. The van der Waals surface area contributed by atoms with E-state index in [0.29, 0.717) is 5.56 Å². The number of hydrogen-bond acceptors (Lipinski definition) is 4. The van der Waals surface area contributed by atoms with Gasteiger partial charge >= 0.3 is 12.3 Å². The van der Waals surface area contributed by atoms with E-state index in [-0.39, 0.29) is 11.1 Å². The minimum absolute atomic E-state index is 0.185. The lowest BCUT2D eigenvalue weighted by Crippen LogP contribution is -2.17. The van der Waals surface area contributed by atoms with E-state index in [1.807, 2.05) is 0 Å². The summed E-state index contributed by atoms with van der Waals surface area (Å²) in [7, 11) is 1.21. The van der Waals surface area contributed by atoms with Crippen LogP contribution in [-0.4, -0.2) is 24.5 Å². The second kappa shape index (κ2) is 5.97. The molecule has 0 atom stereocenters. The van der Waals surface area contributed by atoms with Crippen molar-refractivity contribution in [2.75, 3.05) is 7.11 Å². The molecule has 4 nitrogen and oxygen atoms in total. The Hall–Kier alpha value is -2.70. The van der Waals surface area contributed by atoms with E-state index in [4.69, 9.17) is 0 Å². The quantitative estimate of drug-likeness (QED) is 0.877. The number of carbonyl (C=O) groups excluding carboxylic acids is 1. The Bertz CT molecular complexity index is 695. The van der Waals surface area contributed by atoms with Crippen molar-refractivity contribution in [3.8, 4) is 22.6 Å². The number of carbonyl (C=O) groups is 1. The van der Waals surface area contributed by atoms with Gasteiger partial charge in [-0.3, -0.25) is 0 Å². The van der Waals surface area contributed by atoms with Gasteiger partial charge in [0.05, 0.1) is 12.7 Å². The van der Waals surface area contributed by atoms with Crippen LogP contribution in [0.5, 0.6) is 11.5 Å². The molecule has 0 radical (unpaired) electrons. The maximum Gasteiger partial charge on any atom is 0.573 e. The topological polar surface area (TPSA) is 55.8 Å². The fourth-order valence-corrected chi connectivity index (χ4v) is 1.94. The van der Waals surface area contributed by atoms with Crippen molar-refractivity contribution in [3.63, 3.8) is 0 Å². The number of aromatic hydroxyl groups is 1. The Labute approximate surface area is 123 Å². The van der Waals surface area contributed by atoms with E-state index in [1.54, 1.807) is 18.2 Å². The van der Waals surface area contributed by atoms with E-state index in [1.165, 1.54) is 19.2 Å². The molecule has 2 aromatic carbocycles. The van der Waals surface area contributed by atoms with Crippen molar-refractivity contribution < 1.29 is 32.5 Å². The Morgan fingerprint density at radius 2 is 1.77 bits per heavy atom.